The molecular formula is C18H31IN4O2S. The van der Waals surface area contributed by atoms with Crippen LogP contribution in [0.1, 0.15) is 45.1 Å². The van der Waals surface area contributed by atoms with Crippen LogP contribution in [0.4, 0.5) is 0 Å². The Hall–Kier alpha value is -0.870. The van der Waals surface area contributed by atoms with Gasteiger partial charge in [0.15, 0.2) is 5.96 Å². The number of sulfonamides is 1. The Kier molecular flexibility index (Phi) is 9.32. The van der Waals surface area contributed by atoms with Gasteiger partial charge in [-0.3, -0.25) is 0 Å². The third kappa shape index (κ3) is 6.09. The van der Waals surface area contributed by atoms with E-state index in [1.807, 2.05) is 6.92 Å². The van der Waals surface area contributed by atoms with Gasteiger partial charge in [0.05, 0.1) is 11.4 Å². The maximum atomic E-state index is 11.7. The van der Waals surface area contributed by atoms with Crippen LogP contribution in [0.25, 0.3) is 0 Å². The third-order valence-corrected chi connectivity index (χ3v) is 6.49. The van der Waals surface area contributed by atoms with Crippen LogP contribution in [0.5, 0.6) is 0 Å². The van der Waals surface area contributed by atoms with Crippen molar-refractivity contribution in [1.82, 2.24) is 15.4 Å². The maximum Gasteiger partial charge on any atom is 0.240 e. The van der Waals surface area contributed by atoms with Gasteiger partial charge in [-0.1, -0.05) is 25.5 Å². The molecule has 0 spiro atoms. The van der Waals surface area contributed by atoms with E-state index in [4.69, 9.17) is 0 Å². The summed E-state index contributed by atoms with van der Waals surface area (Å²) in [6, 6.07) is 6.82. The Labute approximate surface area is 174 Å². The lowest BCUT2D eigenvalue weighted by atomic mass is 9.67. The average Bonchev–Trinajstić information content (AvgIpc) is 2.59. The van der Waals surface area contributed by atoms with Crippen LogP contribution in [-0.4, -0.2) is 34.5 Å². The van der Waals surface area contributed by atoms with Gasteiger partial charge in [-0.15, -0.1) is 24.0 Å². The lowest BCUT2D eigenvalue weighted by molar-refractivity contribution is 0.131. The van der Waals surface area contributed by atoms with Crippen molar-refractivity contribution < 1.29 is 8.42 Å². The van der Waals surface area contributed by atoms with Crippen LogP contribution in [0, 0.1) is 5.41 Å². The van der Waals surface area contributed by atoms with Crippen molar-refractivity contribution in [2.24, 2.45) is 10.4 Å². The zero-order valence-electron chi connectivity index (χ0n) is 15.8. The molecule has 0 aromatic heterocycles. The van der Waals surface area contributed by atoms with Crippen molar-refractivity contribution in [2.75, 3.05) is 20.1 Å². The topological polar surface area (TPSA) is 82.6 Å². The summed E-state index contributed by atoms with van der Waals surface area (Å²) in [7, 11) is -1.98. The zero-order valence-corrected chi connectivity index (χ0v) is 19.0. The van der Waals surface area contributed by atoms with Crippen molar-refractivity contribution in [3.63, 3.8) is 0 Å². The number of guanidine groups is 1. The van der Waals surface area contributed by atoms with Crippen molar-refractivity contribution in [2.45, 2.75) is 51.0 Å². The van der Waals surface area contributed by atoms with Gasteiger partial charge in [-0.25, -0.2) is 18.1 Å². The van der Waals surface area contributed by atoms with Gasteiger partial charge in [0.1, 0.15) is 0 Å². The van der Waals surface area contributed by atoms with Crippen LogP contribution >= 0.6 is 24.0 Å². The molecule has 26 heavy (non-hydrogen) atoms. The standard InChI is InChI=1S/C18H30N4O2S.HI/c1-4-18(11-6-12-18)14-22-17(20-5-2)21-13-15-7-9-16(10-8-15)25(23,24)19-3;/h7-10,19H,4-6,11-14H2,1-3H3,(H2,20,21,22);1H. The molecular weight excluding hydrogens is 463 g/mol. The maximum absolute atomic E-state index is 11.7. The normalized spacial score (nSPS) is 16.3. The van der Waals surface area contributed by atoms with Gasteiger partial charge in [-0.05, 0) is 56.3 Å². The number of benzene rings is 1. The fourth-order valence-electron chi connectivity index (χ4n) is 3.01. The highest BCUT2D eigenvalue weighted by Gasteiger charge is 2.34. The molecule has 148 valence electrons. The molecule has 0 heterocycles. The molecule has 0 unspecified atom stereocenters. The number of hydrogen-bond acceptors (Lipinski definition) is 3. The van der Waals surface area contributed by atoms with Crippen molar-refractivity contribution >= 4 is 40.0 Å². The van der Waals surface area contributed by atoms with E-state index in [0.29, 0.717) is 12.0 Å². The van der Waals surface area contributed by atoms with Crippen LogP contribution in [0.2, 0.25) is 0 Å². The first kappa shape index (κ1) is 23.2. The Bertz CT molecular complexity index is 680. The van der Waals surface area contributed by atoms with Crippen molar-refractivity contribution in [3.8, 4) is 0 Å². The second-order valence-electron chi connectivity index (χ2n) is 6.61. The number of halogens is 1. The molecule has 1 fully saturated rings. The fraction of sp³-hybridized carbons (Fsp3) is 0.611. The first-order valence-corrected chi connectivity index (χ1v) is 10.5. The molecule has 1 aromatic carbocycles. The number of nitrogens with one attached hydrogen (secondary N) is 3. The predicted octanol–water partition coefficient (Wildman–Crippen LogP) is 2.85. The lowest BCUT2D eigenvalue weighted by Gasteiger charge is -2.41. The Morgan fingerprint density at radius 2 is 1.81 bits per heavy atom. The summed E-state index contributed by atoms with van der Waals surface area (Å²) >= 11 is 0. The Morgan fingerprint density at radius 1 is 1.15 bits per heavy atom. The Balaban J connectivity index is 0.00000338. The number of nitrogens with zero attached hydrogens (tertiary/aromatic N) is 1. The summed E-state index contributed by atoms with van der Waals surface area (Å²) in [5, 5.41) is 6.74. The summed E-state index contributed by atoms with van der Waals surface area (Å²) in [5.41, 5.74) is 1.40. The summed E-state index contributed by atoms with van der Waals surface area (Å²) < 4.78 is 25.8. The first-order valence-electron chi connectivity index (χ1n) is 8.99. The van der Waals surface area contributed by atoms with Crippen LogP contribution in [0.15, 0.2) is 34.2 Å². The quantitative estimate of drug-likeness (QED) is 0.295. The minimum Gasteiger partial charge on any atom is -0.357 e. The smallest absolute Gasteiger partial charge is 0.240 e. The van der Waals surface area contributed by atoms with E-state index in [9.17, 15) is 8.42 Å². The largest absolute Gasteiger partial charge is 0.357 e. The van der Waals surface area contributed by atoms with Gasteiger partial charge in [0.2, 0.25) is 10.0 Å². The summed E-state index contributed by atoms with van der Waals surface area (Å²) in [4.78, 5) is 4.89. The molecule has 8 heteroatoms. The van der Waals surface area contributed by atoms with E-state index in [1.165, 1.54) is 32.7 Å². The van der Waals surface area contributed by atoms with E-state index < -0.39 is 10.0 Å². The number of aliphatic imine (C=N–C) groups is 1. The van der Waals surface area contributed by atoms with E-state index >= 15 is 0 Å². The van der Waals surface area contributed by atoms with Gasteiger partial charge in [0.25, 0.3) is 0 Å². The second-order valence-corrected chi connectivity index (χ2v) is 8.49. The van der Waals surface area contributed by atoms with E-state index in [2.05, 4.69) is 27.3 Å². The molecule has 0 amide bonds. The minimum absolute atomic E-state index is 0. The Morgan fingerprint density at radius 3 is 2.27 bits per heavy atom. The van der Waals surface area contributed by atoms with Gasteiger partial charge >= 0.3 is 0 Å². The van der Waals surface area contributed by atoms with Crippen LogP contribution in [0.3, 0.4) is 0 Å². The molecule has 1 saturated carbocycles. The summed E-state index contributed by atoms with van der Waals surface area (Å²) in [6.45, 7) is 6.58. The van der Waals surface area contributed by atoms with E-state index in [0.717, 1.165) is 24.6 Å². The highest BCUT2D eigenvalue weighted by Crippen LogP contribution is 2.42. The van der Waals surface area contributed by atoms with Crippen LogP contribution in [-0.2, 0) is 16.6 Å². The predicted molar refractivity (Wildman–Crippen MR) is 117 cm³/mol. The van der Waals surface area contributed by atoms with Gasteiger partial charge in [0, 0.05) is 13.1 Å². The van der Waals surface area contributed by atoms with Crippen molar-refractivity contribution in [1.29, 1.82) is 0 Å². The van der Waals surface area contributed by atoms with Crippen molar-refractivity contribution in [3.05, 3.63) is 29.8 Å². The molecule has 0 atom stereocenters. The molecule has 6 nitrogen and oxygen atoms in total. The monoisotopic (exact) mass is 494 g/mol. The molecule has 1 aliphatic rings. The molecule has 0 saturated heterocycles. The zero-order chi connectivity index (χ0) is 18.3. The molecule has 3 N–H and O–H groups in total. The highest BCUT2D eigenvalue weighted by atomic mass is 127. The molecule has 0 aliphatic heterocycles. The van der Waals surface area contributed by atoms with Crippen LogP contribution < -0.4 is 15.4 Å². The molecule has 1 aliphatic carbocycles. The molecule has 0 radical (unpaired) electrons. The second kappa shape index (κ2) is 10.5. The average molecular weight is 494 g/mol. The molecule has 0 bridgehead atoms. The summed E-state index contributed by atoms with van der Waals surface area (Å²) in [6.07, 6.45) is 5.10. The lowest BCUT2D eigenvalue weighted by Crippen LogP contribution is -2.46. The number of hydrogen-bond donors (Lipinski definition) is 3. The molecule has 1 aromatic rings. The van der Waals surface area contributed by atoms with Gasteiger partial charge in [-0.2, -0.15) is 0 Å². The fourth-order valence-corrected chi connectivity index (χ4v) is 3.74. The highest BCUT2D eigenvalue weighted by molar-refractivity contribution is 14.0. The SMILES string of the molecule is CCNC(=NCc1ccc(S(=O)(=O)NC)cc1)NCC1(CC)CCC1.I. The van der Waals surface area contributed by atoms with Gasteiger partial charge < -0.3 is 10.6 Å². The number of rotatable bonds is 8. The first-order chi connectivity index (χ1) is 11.9. The molecule has 2 rings (SSSR count). The minimum atomic E-state index is -3.39. The van der Waals surface area contributed by atoms with E-state index in [-0.39, 0.29) is 28.9 Å². The third-order valence-electron chi connectivity index (χ3n) is 5.06. The van der Waals surface area contributed by atoms with E-state index in [1.54, 1.807) is 24.3 Å². The summed E-state index contributed by atoms with van der Waals surface area (Å²) in [5.74, 6) is 0.814.